The molecule has 8 heteroatoms. The highest BCUT2D eigenvalue weighted by Crippen LogP contribution is 2.31. The van der Waals surface area contributed by atoms with Crippen molar-refractivity contribution in [3.63, 3.8) is 0 Å². The Morgan fingerprint density at radius 2 is 1.84 bits per heavy atom. The highest BCUT2D eigenvalue weighted by Gasteiger charge is 2.18. The largest absolute Gasteiger partial charge is 0.472 e. The van der Waals surface area contributed by atoms with Crippen LogP contribution >= 0.6 is 0 Å². The molecule has 1 aromatic carbocycles. The molecule has 0 unspecified atom stereocenters. The van der Waals surface area contributed by atoms with Crippen LogP contribution in [-0.2, 0) is 6.54 Å². The van der Waals surface area contributed by atoms with Crippen LogP contribution in [0.5, 0.6) is 0 Å². The fourth-order valence-corrected chi connectivity index (χ4v) is 5.36. The smallest absolute Gasteiger partial charge is 0.161 e. The van der Waals surface area contributed by atoms with Gasteiger partial charge in [-0.25, -0.2) is 9.97 Å². The summed E-state index contributed by atoms with van der Waals surface area (Å²) in [6.45, 7) is 1.97. The molecule has 0 saturated heterocycles. The Balaban J connectivity index is 1.20. The third-order valence-electron chi connectivity index (χ3n) is 7.29. The van der Waals surface area contributed by atoms with Crippen molar-refractivity contribution in [1.29, 1.82) is 0 Å². The molecule has 1 aliphatic rings. The normalized spacial score (nSPS) is 14.3. The molecule has 1 aliphatic carbocycles. The molecule has 6 aromatic rings. The second kappa shape index (κ2) is 9.29. The zero-order valence-corrected chi connectivity index (χ0v) is 20.4. The first-order valence-electron chi connectivity index (χ1n) is 12.8. The number of furan rings is 1. The minimum atomic E-state index is 0.647. The predicted molar refractivity (Wildman–Crippen MR) is 144 cm³/mol. The summed E-state index contributed by atoms with van der Waals surface area (Å²) in [6, 6.07) is 16.5. The quantitative estimate of drug-likeness (QED) is 0.250. The van der Waals surface area contributed by atoms with Gasteiger partial charge in [-0.2, -0.15) is 5.10 Å². The van der Waals surface area contributed by atoms with Crippen LogP contribution in [0.1, 0.15) is 31.2 Å². The van der Waals surface area contributed by atoms with Crippen LogP contribution < -0.4 is 5.32 Å². The van der Waals surface area contributed by atoms with Gasteiger partial charge in [-0.3, -0.25) is 10.1 Å². The van der Waals surface area contributed by atoms with E-state index in [9.17, 15) is 0 Å². The molecule has 184 valence electrons. The van der Waals surface area contributed by atoms with E-state index in [0.717, 1.165) is 63.6 Å². The summed E-state index contributed by atoms with van der Waals surface area (Å²) in [4.78, 5) is 17.8. The lowest BCUT2D eigenvalue weighted by Gasteiger charge is -2.11. The van der Waals surface area contributed by atoms with Crippen molar-refractivity contribution >= 4 is 22.1 Å². The maximum absolute atomic E-state index is 5.25. The molecular weight excluding hydrogens is 462 g/mol. The van der Waals surface area contributed by atoms with Gasteiger partial charge in [0.15, 0.2) is 11.5 Å². The summed E-state index contributed by atoms with van der Waals surface area (Å²) in [5.41, 5.74) is 8.88. The second-order valence-electron chi connectivity index (χ2n) is 9.80. The number of H-pyrrole nitrogens is 2. The van der Waals surface area contributed by atoms with Crippen LogP contribution in [0, 0.1) is 5.92 Å². The van der Waals surface area contributed by atoms with E-state index < -0.39 is 0 Å². The Labute approximate surface area is 213 Å². The van der Waals surface area contributed by atoms with E-state index in [1.807, 2.05) is 24.3 Å². The number of pyridine rings is 2. The van der Waals surface area contributed by atoms with Crippen LogP contribution in [0.2, 0.25) is 0 Å². The SMILES string of the molecule is c1cc(CNCC2CCCC2)cc(-c2ccc3[nH]nc(-c4nc5c(-c6ccoc6)nccc5[nH]4)c3n2)c1. The van der Waals surface area contributed by atoms with Gasteiger partial charge in [-0.15, -0.1) is 0 Å². The zero-order valence-electron chi connectivity index (χ0n) is 20.4. The molecule has 0 atom stereocenters. The average molecular weight is 490 g/mol. The molecule has 8 nitrogen and oxygen atoms in total. The first-order chi connectivity index (χ1) is 18.3. The summed E-state index contributed by atoms with van der Waals surface area (Å²) < 4.78 is 5.25. The van der Waals surface area contributed by atoms with Crippen LogP contribution in [0.4, 0.5) is 0 Å². The molecule has 1 saturated carbocycles. The topological polar surface area (TPSA) is 108 Å². The Morgan fingerprint density at radius 1 is 0.919 bits per heavy atom. The van der Waals surface area contributed by atoms with Crippen molar-refractivity contribution in [3.8, 4) is 34.0 Å². The van der Waals surface area contributed by atoms with Crippen molar-refractivity contribution in [3.05, 3.63) is 72.8 Å². The maximum atomic E-state index is 5.25. The Kier molecular flexibility index (Phi) is 5.51. The average Bonchev–Trinajstić information content (AvgIpc) is 3.74. The zero-order chi connectivity index (χ0) is 24.6. The summed E-state index contributed by atoms with van der Waals surface area (Å²) in [5.74, 6) is 1.48. The van der Waals surface area contributed by atoms with E-state index in [2.05, 4.69) is 49.7 Å². The van der Waals surface area contributed by atoms with E-state index in [1.54, 1.807) is 18.7 Å². The lowest BCUT2D eigenvalue weighted by Crippen LogP contribution is -2.20. The summed E-state index contributed by atoms with van der Waals surface area (Å²) in [5, 5.41) is 11.3. The lowest BCUT2D eigenvalue weighted by atomic mass is 10.1. The first kappa shape index (κ1) is 21.9. The third kappa shape index (κ3) is 4.19. The van der Waals surface area contributed by atoms with E-state index in [0.29, 0.717) is 11.5 Å². The number of hydrogen-bond acceptors (Lipinski definition) is 6. The van der Waals surface area contributed by atoms with E-state index >= 15 is 0 Å². The van der Waals surface area contributed by atoms with Gasteiger partial charge in [0.25, 0.3) is 0 Å². The fourth-order valence-electron chi connectivity index (χ4n) is 5.36. The van der Waals surface area contributed by atoms with Gasteiger partial charge in [0.1, 0.15) is 16.7 Å². The van der Waals surface area contributed by atoms with Crippen molar-refractivity contribution in [2.45, 2.75) is 32.2 Å². The number of hydrogen-bond donors (Lipinski definition) is 3. The number of fused-ring (bicyclic) bond motifs is 2. The highest BCUT2D eigenvalue weighted by atomic mass is 16.3. The standard InChI is InChI=1S/C29H27N7O/c1-2-5-18(4-1)15-30-16-19-6-3-7-20(14-19)22-8-9-24-27(32-22)28(36-35-24)29-33-23-10-12-31-25(26(23)34-29)21-11-13-37-17-21/h3,6-14,17-18,30H,1-2,4-5,15-16H2,(H,33,34)(H,35,36). The van der Waals surface area contributed by atoms with Gasteiger partial charge in [0, 0.05) is 23.9 Å². The van der Waals surface area contributed by atoms with Crippen LogP contribution in [0.25, 0.3) is 56.1 Å². The lowest BCUT2D eigenvalue weighted by molar-refractivity contribution is 0.489. The molecule has 0 bridgehead atoms. The molecule has 7 rings (SSSR count). The van der Waals surface area contributed by atoms with Crippen molar-refractivity contribution in [2.75, 3.05) is 6.54 Å². The molecular formula is C29H27N7O. The van der Waals surface area contributed by atoms with Gasteiger partial charge in [-0.1, -0.05) is 31.0 Å². The van der Waals surface area contributed by atoms with Crippen LogP contribution in [0.3, 0.4) is 0 Å². The highest BCUT2D eigenvalue weighted by molar-refractivity contribution is 5.94. The van der Waals surface area contributed by atoms with Crippen molar-refractivity contribution in [1.82, 2.24) is 35.5 Å². The number of imidazole rings is 1. The first-order valence-corrected chi connectivity index (χ1v) is 12.8. The van der Waals surface area contributed by atoms with Gasteiger partial charge in [0.2, 0.25) is 0 Å². The molecule has 37 heavy (non-hydrogen) atoms. The van der Waals surface area contributed by atoms with Crippen LogP contribution in [0.15, 0.2) is 71.7 Å². The van der Waals surface area contributed by atoms with Gasteiger partial charge < -0.3 is 14.7 Å². The van der Waals surface area contributed by atoms with Gasteiger partial charge >= 0.3 is 0 Å². The summed E-state index contributed by atoms with van der Waals surface area (Å²) in [7, 11) is 0. The van der Waals surface area contributed by atoms with Crippen LogP contribution in [-0.4, -0.2) is 36.7 Å². The number of benzene rings is 1. The number of aromatic amines is 2. The molecule has 5 aromatic heterocycles. The molecule has 3 N–H and O–H groups in total. The molecule has 0 spiro atoms. The molecule has 0 radical (unpaired) electrons. The molecule has 5 heterocycles. The van der Waals surface area contributed by atoms with Gasteiger partial charge in [-0.05, 0) is 61.2 Å². The van der Waals surface area contributed by atoms with E-state index in [1.165, 1.54) is 31.2 Å². The second-order valence-corrected chi connectivity index (χ2v) is 9.80. The fraction of sp³-hybridized carbons (Fsp3) is 0.241. The number of rotatable bonds is 7. The Hall–Kier alpha value is -4.30. The van der Waals surface area contributed by atoms with E-state index in [4.69, 9.17) is 14.4 Å². The third-order valence-corrected chi connectivity index (χ3v) is 7.29. The minimum absolute atomic E-state index is 0.647. The molecule has 0 aliphatic heterocycles. The number of nitrogens with zero attached hydrogens (tertiary/aromatic N) is 4. The number of nitrogens with one attached hydrogen (secondary N) is 3. The summed E-state index contributed by atoms with van der Waals surface area (Å²) in [6.07, 6.45) is 10.5. The maximum Gasteiger partial charge on any atom is 0.161 e. The number of aromatic nitrogens is 6. The van der Waals surface area contributed by atoms with Gasteiger partial charge in [0.05, 0.1) is 29.3 Å². The Morgan fingerprint density at radius 3 is 2.73 bits per heavy atom. The minimum Gasteiger partial charge on any atom is -0.472 e. The Bertz CT molecular complexity index is 1680. The van der Waals surface area contributed by atoms with Crippen molar-refractivity contribution in [2.24, 2.45) is 5.92 Å². The van der Waals surface area contributed by atoms with E-state index in [-0.39, 0.29) is 0 Å². The summed E-state index contributed by atoms with van der Waals surface area (Å²) >= 11 is 0. The predicted octanol–water partition coefficient (Wildman–Crippen LogP) is 6.10. The monoisotopic (exact) mass is 489 g/mol. The van der Waals surface area contributed by atoms with Crippen molar-refractivity contribution < 1.29 is 4.42 Å². The molecule has 0 amide bonds. The molecule has 1 fully saturated rings.